The van der Waals surface area contributed by atoms with E-state index in [4.69, 9.17) is 5.73 Å². The summed E-state index contributed by atoms with van der Waals surface area (Å²) in [6.45, 7) is 4.85. The number of primary amides is 1. The highest BCUT2D eigenvalue weighted by atomic mass is 32.2. The van der Waals surface area contributed by atoms with Crippen LogP contribution in [0.4, 0.5) is 0 Å². The molecule has 0 aromatic carbocycles. The number of carbonyl (C=O) groups is 1. The van der Waals surface area contributed by atoms with Gasteiger partial charge in [0.2, 0.25) is 5.91 Å². The van der Waals surface area contributed by atoms with E-state index in [1.807, 2.05) is 35.2 Å². The second kappa shape index (κ2) is 6.90. The Morgan fingerprint density at radius 1 is 1.50 bits per heavy atom. The Balaban J connectivity index is 2.26. The third-order valence-corrected chi connectivity index (χ3v) is 4.88. The van der Waals surface area contributed by atoms with Crippen molar-refractivity contribution in [3.63, 3.8) is 0 Å². The van der Waals surface area contributed by atoms with Crippen molar-refractivity contribution >= 4 is 29.0 Å². The lowest BCUT2D eigenvalue weighted by atomic mass is 10.2. The number of aromatic nitrogens is 3. The Morgan fingerprint density at radius 2 is 2.30 bits per heavy atom. The summed E-state index contributed by atoms with van der Waals surface area (Å²) in [5.74, 6) is 0.551. The van der Waals surface area contributed by atoms with E-state index in [1.165, 1.54) is 11.8 Å². The van der Waals surface area contributed by atoms with E-state index in [-0.39, 0.29) is 11.2 Å². The average Bonchev–Trinajstić information content (AvgIpc) is 3.06. The molecule has 1 amide bonds. The predicted octanol–water partition coefficient (Wildman–Crippen LogP) is 2.77. The normalized spacial score (nSPS) is 12.5. The molecule has 2 aromatic heterocycles. The van der Waals surface area contributed by atoms with Gasteiger partial charge in [-0.2, -0.15) is 11.3 Å². The summed E-state index contributed by atoms with van der Waals surface area (Å²) in [6.07, 6.45) is 1.67. The van der Waals surface area contributed by atoms with Gasteiger partial charge in [-0.1, -0.05) is 25.1 Å². The highest BCUT2D eigenvalue weighted by Gasteiger charge is 2.21. The van der Waals surface area contributed by atoms with Crippen molar-refractivity contribution in [2.24, 2.45) is 5.73 Å². The van der Waals surface area contributed by atoms with Gasteiger partial charge in [-0.3, -0.25) is 4.79 Å². The summed E-state index contributed by atoms with van der Waals surface area (Å²) >= 11 is 3.04. The maximum absolute atomic E-state index is 11.5. The maximum Gasteiger partial charge on any atom is 0.231 e. The Hall–Kier alpha value is -1.34. The molecule has 0 radical (unpaired) electrons. The van der Waals surface area contributed by atoms with Gasteiger partial charge in [-0.05, 0) is 24.8 Å². The van der Waals surface area contributed by atoms with E-state index in [0.29, 0.717) is 0 Å². The molecule has 0 saturated heterocycles. The molecule has 0 aliphatic rings. The van der Waals surface area contributed by atoms with Gasteiger partial charge in [0.25, 0.3) is 0 Å². The number of hydrogen-bond acceptors (Lipinski definition) is 5. The summed E-state index contributed by atoms with van der Waals surface area (Å²) in [5, 5.41) is 13.0. The molecule has 2 heterocycles. The zero-order chi connectivity index (χ0) is 14.5. The highest BCUT2D eigenvalue weighted by Crippen LogP contribution is 2.29. The van der Waals surface area contributed by atoms with Crippen LogP contribution in [0.25, 0.3) is 11.4 Å². The number of amides is 1. The SMILES string of the molecule is CCCC(Sc1nnc(-c2ccsc2)n1CC)C(N)=O. The molecule has 0 aliphatic carbocycles. The number of thiophene rings is 1. The highest BCUT2D eigenvalue weighted by molar-refractivity contribution is 8.00. The molecule has 0 spiro atoms. The smallest absolute Gasteiger partial charge is 0.231 e. The first-order valence-corrected chi connectivity index (χ1v) is 8.41. The molecule has 0 bridgehead atoms. The second-order valence-corrected chi connectivity index (χ2v) is 6.31. The summed E-state index contributed by atoms with van der Waals surface area (Å²) < 4.78 is 2.03. The number of rotatable bonds is 7. The van der Waals surface area contributed by atoms with Gasteiger partial charge in [-0.15, -0.1) is 10.2 Å². The lowest BCUT2D eigenvalue weighted by Crippen LogP contribution is -2.26. The number of thioether (sulfide) groups is 1. The quantitative estimate of drug-likeness (QED) is 0.798. The third kappa shape index (κ3) is 3.21. The standard InChI is InChI=1S/C13H18N4OS2/c1-3-5-10(11(14)18)20-13-16-15-12(17(13)4-2)9-6-7-19-8-9/h6-8,10H,3-5H2,1-2H3,(H2,14,18). The van der Waals surface area contributed by atoms with Crippen molar-refractivity contribution in [2.75, 3.05) is 0 Å². The first kappa shape index (κ1) is 15.1. The monoisotopic (exact) mass is 310 g/mol. The zero-order valence-corrected chi connectivity index (χ0v) is 13.2. The Bertz CT molecular complexity index is 565. The van der Waals surface area contributed by atoms with Crippen LogP contribution in [0.5, 0.6) is 0 Å². The lowest BCUT2D eigenvalue weighted by Gasteiger charge is -2.12. The fourth-order valence-electron chi connectivity index (χ4n) is 1.91. The van der Waals surface area contributed by atoms with E-state index < -0.39 is 0 Å². The predicted molar refractivity (Wildman–Crippen MR) is 82.8 cm³/mol. The number of hydrogen-bond donors (Lipinski definition) is 1. The van der Waals surface area contributed by atoms with Crippen LogP contribution in [0, 0.1) is 0 Å². The van der Waals surface area contributed by atoms with E-state index in [2.05, 4.69) is 10.2 Å². The van der Waals surface area contributed by atoms with Crippen molar-refractivity contribution in [3.05, 3.63) is 16.8 Å². The minimum atomic E-state index is -0.292. The number of carbonyl (C=O) groups excluding carboxylic acids is 1. The molecule has 2 aromatic rings. The van der Waals surface area contributed by atoms with E-state index >= 15 is 0 Å². The Morgan fingerprint density at radius 3 is 2.85 bits per heavy atom. The van der Waals surface area contributed by atoms with Crippen LogP contribution in [0.1, 0.15) is 26.7 Å². The summed E-state index contributed by atoms with van der Waals surface area (Å²) in [5.41, 5.74) is 6.51. The van der Waals surface area contributed by atoms with Crippen LogP contribution >= 0.6 is 23.1 Å². The molecule has 1 atom stereocenters. The maximum atomic E-state index is 11.5. The second-order valence-electron chi connectivity index (χ2n) is 4.36. The van der Waals surface area contributed by atoms with Gasteiger partial charge in [-0.25, -0.2) is 0 Å². The van der Waals surface area contributed by atoms with Crippen LogP contribution in [-0.4, -0.2) is 25.9 Å². The van der Waals surface area contributed by atoms with Gasteiger partial charge in [0, 0.05) is 17.5 Å². The van der Waals surface area contributed by atoms with Gasteiger partial charge < -0.3 is 10.3 Å². The summed E-state index contributed by atoms with van der Waals surface area (Å²) in [6, 6.07) is 2.02. The Kier molecular flexibility index (Phi) is 5.19. The van der Waals surface area contributed by atoms with Gasteiger partial charge in [0.1, 0.15) is 0 Å². The van der Waals surface area contributed by atoms with Crippen molar-refractivity contribution in [1.29, 1.82) is 0 Å². The molecule has 7 heteroatoms. The Labute approximate surface area is 126 Å². The van der Waals surface area contributed by atoms with Crippen LogP contribution in [0.3, 0.4) is 0 Å². The molecular formula is C13H18N4OS2. The average molecular weight is 310 g/mol. The van der Waals surface area contributed by atoms with Crippen LogP contribution < -0.4 is 5.73 Å². The van der Waals surface area contributed by atoms with Crippen molar-refractivity contribution in [3.8, 4) is 11.4 Å². The lowest BCUT2D eigenvalue weighted by molar-refractivity contribution is -0.117. The molecule has 2 N–H and O–H groups in total. The minimum absolute atomic E-state index is 0.246. The molecular weight excluding hydrogens is 292 g/mol. The van der Waals surface area contributed by atoms with Gasteiger partial charge in [0.15, 0.2) is 11.0 Å². The molecule has 0 saturated carbocycles. The molecule has 108 valence electrons. The molecule has 0 fully saturated rings. The molecule has 1 unspecified atom stereocenters. The van der Waals surface area contributed by atoms with E-state index in [9.17, 15) is 4.79 Å². The van der Waals surface area contributed by atoms with Crippen molar-refractivity contribution in [2.45, 2.75) is 43.6 Å². The van der Waals surface area contributed by atoms with Crippen LogP contribution in [0.2, 0.25) is 0 Å². The first-order chi connectivity index (χ1) is 9.67. The minimum Gasteiger partial charge on any atom is -0.369 e. The van der Waals surface area contributed by atoms with Crippen LogP contribution in [-0.2, 0) is 11.3 Å². The van der Waals surface area contributed by atoms with Crippen molar-refractivity contribution < 1.29 is 4.79 Å². The molecule has 2 rings (SSSR count). The number of nitrogens with zero attached hydrogens (tertiary/aromatic N) is 3. The van der Waals surface area contributed by atoms with Crippen molar-refractivity contribution in [1.82, 2.24) is 14.8 Å². The molecule has 0 aliphatic heterocycles. The molecule has 5 nitrogen and oxygen atoms in total. The van der Waals surface area contributed by atoms with Gasteiger partial charge in [0.05, 0.1) is 5.25 Å². The zero-order valence-electron chi connectivity index (χ0n) is 11.6. The van der Waals surface area contributed by atoms with Gasteiger partial charge >= 0.3 is 0 Å². The van der Waals surface area contributed by atoms with E-state index in [1.54, 1.807) is 11.3 Å². The summed E-state index contributed by atoms with van der Waals surface area (Å²) in [7, 11) is 0. The third-order valence-electron chi connectivity index (χ3n) is 2.93. The fourth-order valence-corrected chi connectivity index (χ4v) is 3.70. The topological polar surface area (TPSA) is 73.8 Å². The first-order valence-electron chi connectivity index (χ1n) is 6.59. The number of nitrogens with two attached hydrogens (primary N) is 1. The summed E-state index contributed by atoms with van der Waals surface area (Å²) in [4.78, 5) is 11.5. The van der Waals surface area contributed by atoms with Crippen LogP contribution in [0.15, 0.2) is 22.0 Å². The van der Waals surface area contributed by atoms with E-state index in [0.717, 1.165) is 35.9 Å². The molecule has 20 heavy (non-hydrogen) atoms. The largest absolute Gasteiger partial charge is 0.369 e. The fraction of sp³-hybridized carbons (Fsp3) is 0.462.